The van der Waals surface area contributed by atoms with Crippen LogP contribution < -0.4 is 10.3 Å². The molecule has 3 heterocycles. The summed E-state index contributed by atoms with van der Waals surface area (Å²) in [5, 5.41) is 0.416. The van der Waals surface area contributed by atoms with Gasteiger partial charge in [-0.1, -0.05) is 11.6 Å². The van der Waals surface area contributed by atoms with E-state index in [0.29, 0.717) is 46.2 Å². The van der Waals surface area contributed by atoms with Crippen LogP contribution in [0.4, 0.5) is 4.39 Å². The van der Waals surface area contributed by atoms with Crippen molar-refractivity contribution in [2.75, 3.05) is 13.7 Å². The summed E-state index contributed by atoms with van der Waals surface area (Å²) in [6, 6.07) is 7.53. The van der Waals surface area contributed by atoms with Crippen LogP contribution in [-0.2, 0) is 13.0 Å². The zero-order valence-corrected chi connectivity index (χ0v) is 15.2. The van der Waals surface area contributed by atoms with Crippen molar-refractivity contribution in [3.8, 4) is 5.75 Å². The zero-order chi connectivity index (χ0) is 19.1. The number of pyridine rings is 1. The van der Waals surface area contributed by atoms with Crippen LogP contribution in [0.3, 0.4) is 0 Å². The molecule has 0 atom stereocenters. The Kier molecular flexibility index (Phi) is 4.31. The molecule has 138 valence electrons. The van der Waals surface area contributed by atoms with Crippen LogP contribution in [0.25, 0.3) is 5.65 Å². The first-order valence-electron chi connectivity index (χ1n) is 8.30. The van der Waals surface area contributed by atoms with Gasteiger partial charge in [-0.05, 0) is 30.3 Å². The SMILES string of the molecule is COc1ccc(Cl)cc1C(=O)N1CCc2nc3ccc(F)cn3c(=O)c2C1. The fourth-order valence-corrected chi connectivity index (χ4v) is 3.43. The number of methoxy groups -OCH3 is 1. The number of amides is 1. The van der Waals surface area contributed by atoms with Gasteiger partial charge in [-0.2, -0.15) is 0 Å². The average Bonchev–Trinajstić information content (AvgIpc) is 2.68. The molecule has 0 bridgehead atoms. The second kappa shape index (κ2) is 6.66. The molecule has 0 spiro atoms. The van der Waals surface area contributed by atoms with Crippen molar-refractivity contribution in [2.45, 2.75) is 13.0 Å². The van der Waals surface area contributed by atoms with Crippen LogP contribution in [0.2, 0.25) is 5.02 Å². The number of rotatable bonds is 2. The highest BCUT2D eigenvalue weighted by molar-refractivity contribution is 6.31. The van der Waals surface area contributed by atoms with Crippen LogP contribution >= 0.6 is 11.6 Å². The lowest BCUT2D eigenvalue weighted by atomic mass is 10.0. The average molecular weight is 388 g/mol. The molecular weight excluding hydrogens is 373 g/mol. The molecule has 0 unspecified atom stereocenters. The number of nitrogens with zero attached hydrogens (tertiary/aromatic N) is 3. The van der Waals surface area contributed by atoms with Gasteiger partial charge in [-0.15, -0.1) is 0 Å². The Hall–Kier alpha value is -2.93. The first-order valence-corrected chi connectivity index (χ1v) is 8.68. The molecule has 3 aromatic rings. The smallest absolute Gasteiger partial charge is 0.263 e. The third-order valence-electron chi connectivity index (χ3n) is 4.61. The topological polar surface area (TPSA) is 63.9 Å². The summed E-state index contributed by atoms with van der Waals surface area (Å²) >= 11 is 6.02. The van der Waals surface area contributed by atoms with E-state index in [1.165, 1.54) is 23.6 Å². The van der Waals surface area contributed by atoms with Gasteiger partial charge >= 0.3 is 0 Å². The van der Waals surface area contributed by atoms with Crippen molar-refractivity contribution in [2.24, 2.45) is 0 Å². The molecule has 1 aliphatic rings. The maximum atomic E-state index is 13.5. The predicted molar refractivity (Wildman–Crippen MR) is 97.9 cm³/mol. The van der Waals surface area contributed by atoms with E-state index in [2.05, 4.69) is 4.98 Å². The summed E-state index contributed by atoms with van der Waals surface area (Å²) in [7, 11) is 1.47. The highest BCUT2D eigenvalue weighted by Crippen LogP contribution is 2.26. The number of fused-ring (bicyclic) bond motifs is 2. The molecule has 0 fully saturated rings. The van der Waals surface area contributed by atoms with Crippen LogP contribution in [-0.4, -0.2) is 33.8 Å². The minimum absolute atomic E-state index is 0.0924. The van der Waals surface area contributed by atoms with E-state index in [4.69, 9.17) is 16.3 Å². The lowest BCUT2D eigenvalue weighted by molar-refractivity contribution is 0.0729. The standard InChI is InChI=1S/C19H15ClFN3O3/c1-27-16-4-2-11(20)8-13(16)18(25)23-7-6-15-14(10-23)19(26)24-9-12(21)3-5-17(24)22-15/h2-5,8-9H,6-7,10H2,1H3. The van der Waals surface area contributed by atoms with Crippen molar-refractivity contribution in [1.82, 2.24) is 14.3 Å². The fourth-order valence-electron chi connectivity index (χ4n) is 3.26. The van der Waals surface area contributed by atoms with Gasteiger partial charge in [0.2, 0.25) is 0 Å². The quantitative estimate of drug-likeness (QED) is 0.678. The Labute approximate surface area is 158 Å². The highest BCUT2D eigenvalue weighted by Gasteiger charge is 2.27. The molecule has 1 amide bonds. The molecule has 0 aliphatic carbocycles. The molecule has 6 nitrogen and oxygen atoms in total. The molecule has 2 aromatic heterocycles. The summed E-state index contributed by atoms with van der Waals surface area (Å²) < 4.78 is 19.9. The Morgan fingerprint density at radius 1 is 1.30 bits per heavy atom. The minimum atomic E-state index is -0.529. The number of aromatic nitrogens is 2. The highest BCUT2D eigenvalue weighted by atomic mass is 35.5. The lowest BCUT2D eigenvalue weighted by Crippen LogP contribution is -2.40. The molecule has 1 aromatic carbocycles. The van der Waals surface area contributed by atoms with Gasteiger partial charge in [0, 0.05) is 24.2 Å². The molecule has 0 N–H and O–H groups in total. The predicted octanol–water partition coefficient (Wildman–Crippen LogP) is 2.69. The van der Waals surface area contributed by atoms with Gasteiger partial charge in [0.25, 0.3) is 11.5 Å². The molecule has 27 heavy (non-hydrogen) atoms. The first kappa shape index (κ1) is 17.5. The van der Waals surface area contributed by atoms with Crippen molar-refractivity contribution >= 4 is 23.2 Å². The number of carbonyl (C=O) groups is 1. The number of ether oxygens (including phenoxy) is 1. The normalized spacial score (nSPS) is 13.5. The van der Waals surface area contributed by atoms with E-state index in [1.807, 2.05) is 0 Å². The minimum Gasteiger partial charge on any atom is -0.496 e. The third kappa shape index (κ3) is 3.04. The van der Waals surface area contributed by atoms with E-state index in [9.17, 15) is 14.0 Å². The van der Waals surface area contributed by atoms with E-state index < -0.39 is 5.82 Å². The number of benzene rings is 1. The largest absolute Gasteiger partial charge is 0.496 e. The van der Waals surface area contributed by atoms with E-state index in [0.717, 1.165) is 6.20 Å². The summed E-state index contributed by atoms with van der Waals surface area (Å²) in [6.45, 7) is 0.500. The maximum Gasteiger partial charge on any atom is 0.263 e. The summed E-state index contributed by atoms with van der Waals surface area (Å²) in [6.07, 6.45) is 1.54. The van der Waals surface area contributed by atoms with E-state index in [-0.39, 0.29) is 18.0 Å². The van der Waals surface area contributed by atoms with Crippen molar-refractivity contribution in [3.63, 3.8) is 0 Å². The summed E-state index contributed by atoms with van der Waals surface area (Å²) in [4.78, 5) is 31.7. The van der Waals surface area contributed by atoms with Crippen molar-refractivity contribution in [1.29, 1.82) is 0 Å². The summed E-state index contributed by atoms with van der Waals surface area (Å²) in [5.74, 6) is -0.409. The molecule has 0 saturated heterocycles. The van der Waals surface area contributed by atoms with Crippen LogP contribution in [0, 0.1) is 5.82 Å². The van der Waals surface area contributed by atoms with Crippen molar-refractivity contribution in [3.05, 3.63) is 74.5 Å². The Morgan fingerprint density at radius 3 is 2.89 bits per heavy atom. The Bertz CT molecular complexity index is 1130. The number of hydrogen-bond acceptors (Lipinski definition) is 4. The summed E-state index contributed by atoms with van der Waals surface area (Å²) in [5.41, 5.74) is 1.36. The van der Waals surface area contributed by atoms with Crippen LogP contribution in [0.5, 0.6) is 5.75 Å². The monoisotopic (exact) mass is 387 g/mol. The molecule has 4 rings (SSSR count). The molecule has 0 radical (unpaired) electrons. The Balaban J connectivity index is 1.74. The van der Waals surface area contributed by atoms with Gasteiger partial charge in [0.05, 0.1) is 30.5 Å². The van der Waals surface area contributed by atoms with Gasteiger partial charge in [0.1, 0.15) is 17.2 Å². The molecule has 0 saturated carbocycles. The number of hydrogen-bond donors (Lipinski definition) is 0. The first-order chi connectivity index (χ1) is 13.0. The van der Waals surface area contributed by atoms with Gasteiger partial charge in [-0.3, -0.25) is 14.0 Å². The maximum absolute atomic E-state index is 13.5. The number of halogens is 2. The van der Waals surface area contributed by atoms with E-state index >= 15 is 0 Å². The lowest BCUT2D eigenvalue weighted by Gasteiger charge is -2.28. The van der Waals surface area contributed by atoms with Crippen LogP contribution in [0.15, 0.2) is 41.3 Å². The second-order valence-corrected chi connectivity index (χ2v) is 6.68. The Morgan fingerprint density at radius 2 is 2.11 bits per heavy atom. The molecule has 8 heteroatoms. The van der Waals surface area contributed by atoms with Crippen LogP contribution in [0.1, 0.15) is 21.6 Å². The molecule has 1 aliphatic heterocycles. The number of carbonyl (C=O) groups excluding carboxylic acids is 1. The zero-order valence-electron chi connectivity index (χ0n) is 14.4. The molecular formula is C19H15ClFN3O3. The van der Waals surface area contributed by atoms with E-state index in [1.54, 1.807) is 23.1 Å². The van der Waals surface area contributed by atoms with Gasteiger partial charge in [-0.25, -0.2) is 9.37 Å². The fraction of sp³-hybridized carbons (Fsp3) is 0.211. The second-order valence-electron chi connectivity index (χ2n) is 6.24. The van der Waals surface area contributed by atoms with Gasteiger partial charge < -0.3 is 9.64 Å². The van der Waals surface area contributed by atoms with Gasteiger partial charge in [0.15, 0.2) is 0 Å². The third-order valence-corrected chi connectivity index (χ3v) is 4.85. The van der Waals surface area contributed by atoms with Crippen molar-refractivity contribution < 1.29 is 13.9 Å².